The Labute approximate surface area is 134 Å². The van der Waals surface area contributed by atoms with E-state index in [1.165, 1.54) is 76.8 Å². The molecule has 122 valence electrons. The number of hydrogen-bond acceptors (Lipinski definition) is 2. The highest BCUT2D eigenvalue weighted by Crippen LogP contribution is 2.35. The lowest BCUT2D eigenvalue weighted by Gasteiger charge is -2.55. The van der Waals surface area contributed by atoms with Gasteiger partial charge in [0.25, 0.3) is 0 Å². The zero-order valence-electron chi connectivity index (χ0n) is 14.4. The Hall–Kier alpha value is -0.123. The van der Waals surface area contributed by atoms with Crippen LogP contribution < -0.4 is 0 Å². The predicted octanol–water partition coefficient (Wildman–Crippen LogP) is 3.50. The third kappa shape index (κ3) is 4.20. The van der Waals surface area contributed by atoms with Crippen molar-refractivity contribution in [3.05, 3.63) is 12.7 Å². The molecule has 0 radical (unpaired) electrons. The molecule has 2 rings (SSSR count). The molecular formula is C18H36N2Si. The Morgan fingerprint density at radius 1 is 1.00 bits per heavy atom. The Balaban J connectivity index is 2.08. The second-order valence-electron chi connectivity index (χ2n) is 7.31. The van der Waals surface area contributed by atoms with E-state index in [9.17, 15) is 0 Å². The lowest BCUT2D eigenvalue weighted by Crippen LogP contribution is -2.64. The first kappa shape index (κ1) is 17.2. The molecule has 0 saturated carbocycles. The van der Waals surface area contributed by atoms with E-state index in [4.69, 9.17) is 0 Å². The van der Waals surface area contributed by atoms with Crippen LogP contribution in [0.1, 0.15) is 52.4 Å². The molecule has 2 nitrogen and oxygen atoms in total. The van der Waals surface area contributed by atoms with Gasteiger partial charge in [-0.1, -0.05) is 31.9 Å². The molecule has 1 unspecified atom stereocenters. The predicted molar refractivity (Wildman–Crippen MR) is 96.8 cm³/mol. The number of allylic oxidation sites excluding steroid dienone is 1. The molecule has 21 heavy (non-hydrogen) atoms. The first-order valence-corrected chi connectivity index (χ1v) is 11.3. The number of hydrogen-bond donors (Lipinski definition) is 0. The summed E-state index contributed by atoms with van der Waals surface area (Å²) in [6, 6.07) is 2.77. The molecular weight excluding hydrogens is 272 g/mol. The normalized spacial score (nSPS) is 24.5. The number of piperidine rings is 2. The first-order chi connectivity index (χ1) is 10.2. The van der Waals surface area contributed by atoms with Gasteiger partial charge in [0.2, 0.25) is 0 Å². The Bertz CT molecular complexity index is 288. The van der Waals surface area contributed by atoms with Crippen molar-refractivity contribution in [2.24, 2.45) is 5.92 Å². The van der Waals surface area contributed by atoms with Crippen molar-refractivity contribution in [2.75, 3.05) is 26.2 Å². The molecule has 0 N–H and O–H groups in total. The van der Waals surface area contributed by atoms with Gasteiger partial charge in [-0.15, -0.1) is 6.58 Å². The van der Waals surface area contributed by atoms with Crippen LogP contribution in [0.25, 0.3) is 0 Å². The molecule has 2 fully saturated rings. The average Bonchev–Trinajstić information content (AvgIpc) is 2.56. The molecule has 0 aromatic rings. The van der Waals surface area contributed by atoms with Crippen LogP contribution in [-0.2, 0) is 0 Å². The molecule has 0 aromatic heterocycles. The van der Waals surface area contributed by atoms with Gasteiger partial charge < -0.3 is 0 Å². The standard InChI is InChI=1S/C18H36N2Si/c1-4-15-21-16-17(2)18(3,19-11-7-5-8-12-19)20-13-9-6-10-14-20/h4,17H,1,5-16,21H2,2-3H3. The highest BCUT2D eigenvalue weighted by Gasteiger charge is 2.42. The van der Waals surface area contributed by atoms with E-state index in [-0.39, 0.29) is 9.52 Å². The lowest BCUT2D eigenvalue weighted by atomic mass is 9.89. The van der Waals surface area contributed by atoms with Crippen molar-refractivity contribution in [3.8, 4) is 0 Å². The van der Waals surface area contributed by atoms with Gasteiger partial charge in [-0.2, -0.15) is 0 Å². The molecule has 3 heteroatoms. The van der Waals surface area contributed by atoms with Crippen LogP contribution >= 0.6 is 0 Å². The quantitative estimate of drug-likeness (QED) is 0.403. The zero-order valence-corrected chi connectivity index (χ0v) is 15.9. The topological polar surface area (TPSA) is 6.48 Å². The minimum Gasteiger partial charge on any atom is -0.285 e. The molecule has 0 bridgehead atoms. The summed E-state index contributed by atoms with van der Waals surface area (Å²) < 4.78 is 0. The summed E-state index contributed by atoms with van der Waals surface area (Å²) in [5, 5.41) is 0. The number of rotatable bonds is 7. The molecule has 2 saturated heterocycles. The van der Waals surface area contributed by atoms with E-state index >= 15 is 0 Å². The Morgan fingerprint density at radius 3 is 1.90 bits per heavy atom. The summed E-state index contributed by atoms with van der Waals surface area (Å²) in [7, 11) is 0.0415. The molecule has 0 aliphatic carbocycles. The average molecular weight is 309 g/mol. The molecule has 1 atom stereocenters. The van der Waals surface area contributed by atoms with Crippen LogP contribution in [0, 0.1) is 5.92 Å². The fourth-order valence-electron chi connectivity index (χ4n) is 4.36. The van der Waals surface area contributed by atoms with E-state index in [0.29, 0.717) is 5.66 Å². The molecule has 2 heterocycles. The minimum atomic E-state index is 0.0415. The van der Waals surface area contributed by atoms with Gasteiger partial charge in [-0.25, -0.2) is 0 Å². The number of likely N-dealkylation sites (tertiary alicyclic amines) is 2. The van der Waals surface area contributed by atoms with Crippen LogP contribution in [0.3, 0.4) is 0 Å². The van der Waals surface area contributed by atoms with Crippen molar-refractivity contribution >= 4 is 9.52 Å². The maximum Gasteiger partial charge on any atom is 0.0732 e. The highest BCUT2D eigenvalue weighted by molar-refractivity contribution is 6.36. The van der Waals surface area contributed by atoms with Crippen LogP contribution in [0.4, 0.5) is 0 Å². The summed E-state index contributed by atoms with van der Waals surface area (Å²) in [4.78, 5) is 5.68. The lowest BCUT2D eigenvalue weighted by molar-refractivity contribution is -0.0949. The van der Waals surface area contributed by atoms with Crippen LogP contribution in [0.5, 0.6) is 0 Å². The van der Waals surface area contributed by atoms with Crippen molar-refractivity contribution in [1.82, 2.24) is 9.80 Å². The zero-order chi connectivity index (χ0) is 15.1. The summed E-state index contributed by atoms with van der Waals surface area (Å²) >= 11 is 0. The van der Waals surface area contributed by atoms with Crippen LogP contribution in [-0.4, -0.2) is 51.2 Å². The SMILES string of the molecule is C=CC[SiH2]CC(C)C(C)(N1CCCCC1)N1CCCCC1. The maximum absolute atomic E-state index is 3.91. The third-order valence-corrected chi connectivity index (χ3v) is 8.06. The maximum atomic E-state index is 3.91. The van der Waals surface area contributed by atoms with Crippen molar-refractivity contribution < 1.29 is 0 Å². The van der Waals surface area contributed by atoms with Crippen LogP contribution in [0.2, 0.25) is 12.1 Å². The second kappa shape index (κ2) is 8.49. The van der Waals surface area contributed by atoms with Gasteiger partial charge >= 0.3 is 0 Å². The van der Waals surface area contributed by atoms with E-state index in [1.807, 2.05) is 0 Å². The van der Waals surface area contributed by atoms with E-state index in [0.717, 1.165) is 5.92 Å². The van der Waals surface area contributed by atoms with E-state index < -0.39 is 0 Å². The van der Waals surface area contributed by atoms with Crippen molar-refractivity contribution in [3.63, 3.8) is 0 Å². The first-order valence-electron chi connectivity index (χ1n) is 9.30. The third-order valence-electron chi connectivity index (χ3n) is 5.97. The summed E-state index contributed by atoms with van der Waals surface area (Å²) in [5.74, 6) is 0.806. The molecule has 0 aromatic carbocycles. The van der Waals surface area contributed by atoms with Gasteiger partial charge in [0.05, 0.1) is 5.66 Å². The van der Waals surface area contributed by atoms with Crippen molar-refractivity contribution in [2.45, 2.75) is 70.1 Å². The fraction of sp³-hybridized carbons (Fsp3) is 0.889. The smallest absolute Gasteiger partial charge is 0.0732 e. The largest absolute Gasteiger partial charge is 0.285 e. The summed E-state index contributed by atoms with van der Waals surface area (Å²) in [6.45, 7) is 14.3. The molecule has 2 aliphatic heterocycles. The fourth-order valence-corrected chi connectivity index (χ4v) is 6.04. The molecule has 0 amide bonds. The second-order valence-corrected chi connectivity index (χ2v) is 9.17. The Morgan fingerprint density at radius 2 is 1.48 bits per heavy atom. The van der Waals surface area contributed by atoms with E-state index in [1.54, 1.807) is 0 Å². The van der Waals surface area contributed by atoms with Crippen LogP contribution in [0.15, 0.2) is 12.7 Å². The van der Waals surface area contributed by atoms with Gasteiger partial charge in [-0.05, 0) is 70.7 Å². The van der Waals surface area contributed by atoms with E-state index in [2.05, 4.69) is 36.3 Å². The summed E-state index contributed by atoms with van der Waals surface area (Å²) in [5.41, 5.74) is 0.314. The summed E-state index contributed by atoms with van der Waals surface area (Å²) in [6.07, 6.45) is 10.6. The number of nitrogens with zero attached hydrogens (tertiary/aromatic N) is 2. The van der Waals surface area contributed by atoms with Crippen molar-refractivity contribution in [1.29, 1.82) is 0 Å². The van der Waals surface area contributed by atoms with Gasteiger partial charge in [0.15, 0.2) is 0 Å². The molecule has 2 aliphatic rings. The van der Waals surface area contributed by atoms with Gasteiger partial charge in [-0.3, -0.25) is 9.80 Å². The highest BCUT2D eigenvalue weighted by atomic mass is 28.2. The Kier molecular flexibility index (Phi) is 6.97. The monoisotopic (exact) mass is 308 g/mol. The molecule has 0 spiro atoms. The minimum absolute atomic E-state index is 0.0415. The van der Waals surface area contributed by atoms with Gasteiger partial charge in [0.1, 0.15) is 0 Å². The van der Waals surface area contributed by atoms with Gasteiger partial charge in [0, 0.05) is 9.52 Å².